The Bertz CT molecular complexity index is 197. The van der Waals surface area contributed by atoms with Gasteiger partial charge in [-0.15, -0.1) is 0 Å². The van der Waals surface area contributed by atoms with Gasteiger partial charge in [0.15, 0.2) is 0 Å². The molecule has 3 atom stereocenters. The Balaban J connectivity index is 2.32. The van der Waals surface area contributed by atoms with Crippen molar-refractivity contribution >= 4 is 0 Å². The summed E-state index contributed by atoms with van der Waals surface area (Å²) in [6.07, 6.45) is 2.52. The molecule has 0 aromatic rings. The summed E-state index contributed by atoms with van der Waals surface area (Å²) in [6.45, 7) is 15.1. The standard InChI is InChI=1S/C14H30N2/c1-11-8-12(2)10-16(9-11)7-6-13(15)14(3,4)5/h11-13H,6-10,15H2,1-5H3. The Labute approximate surface area is 102 Å². The summed E-state index contributed by atoms with van der Waals surface area (Å²) >= 11 is 0. The minimum Gasteiger partial charge on any atom is -0.327 e. The number of piperidine rings is 1. The van der Waals surface area contributed by atoms with Crippen molar-refractivity contribution in [2.24, 2.45) is 23.0 Å². The van der Waals surface area contributed by atoms with Crippen LogP contribution in [-0.4, -0.2) is 30.6 Å². The molecule has 0 amide bonds. The lowest BCUT2D eigenvalue weighted by Gasteiger charge is -2.36. The first-order chi connectivity index (χ1) is 7.29. The first-order valence-electron chi connectivity index (χ1n) is 6.77. The highest BCUT2D eigenvalue weighted by Gasteiger charge is 2.24. The van der Waals surface area contributed by atoms with Crippen LogP contribution in [0.4, 0.5) is 0 Å². The molecule has 1 rings (SSSR count). The van der Waals surface area contributed by atoms with Crippen molar-refractivity contribution in [1.82, 2.24) is 4.90 Å². The van der Waals surface area contributed by atoms with Gasteiger partial charge in [-0.05, 0) is 36.6 Å². The third-order valence-corrected chi connectivity index (χ3v) is 3.81. The fourth-order valence-electron chi connectivity index (χ4n) is 2.73. The van der Waals surface area contributed by atoms with E-state index in [1.165, 1.54) is 26.1 Å². The molecule has 0 bridgehead atoms. The zero-order valence-corrected chi connectivity index (χ0v) is 11.8. The monoisotopic (exact) mass is 226 g/mol. The van der Waals surface area contributed by atoms with E-state index >= 15 is 0 Å². The second kappa shape index (κ2) is 5.50. The number of likely N-dealkylation sites (tertiary alicyclic amines) is 1. The van der Waals surface area contributed by atoms with Gasteiger partial charge in [-0.2, -0.15) is 0 Å². The minimum atomic E-state index is 0.243. The van der Waals surface area contributed by atoms with Crippen LogP contribution in [0.25, 0.3) is 0 Å². The van der Waals surface area contributed by atoms with E-state index in [0.29, 0.717) is 6.04 Å². The van der Waals surface area contributed by atoms with Gasteiger partial charge in [-0.3, -0.25) is 0 Å². The number of hydrogen-bond acceptors (Lipinski definition) is 2. The molecule has 2 heteroatoms. The lowest BCUT2D eigenvalue weighted by molar-refractivity contribution is 0.130. The third-order valence-electron chi connectivity index (χ3n) is 3.81. The molecule has 96 valence electrons. The summed E-state index contributed by atoms with van der Waals surface area (Å²) in [4.78, 5) is 2.60. The van der Waals surface area contributed by atoms with Crippen LogP contribution in [-0.2, 0) is 0 Å². The van der Waals surface area contributed by atoms with Crippen molar-refractivity contribution in [2.75, 3.05) is 19.6 Å². The van der Waals surface area contributed by atoms with E-state index in [1.807, 2.05) is 0 Å². The van der Waals surface area contributed by atoms with Gasteiger partial charge in [0.25, 0.3) is 0 Å². The first kappa shape index (κ1) is 14.0. The predicted molar refractivity (Wildman–Crippen MR) is 71.4 cm³/mol. The topological polar surface area (TPSA) is 29.3 Å². The summed E-state index contributed by atoms with van der Waals surface area (Å²) in [6, 6.07) is 0.319. The summed E-state index contributed by atoms with van der Waals surface area (Å²) in [5, 5.41) is 0. The molecule has 0 aromatic heterocycles. The van der Waals surface area contributed by atoms with Gasteiger partial charge < -0.3 is 10.6 Å². The van der Waals surface area contributed by atoms with Gasteiger partial charge in [-0.1, -0.05) is 34.6 Å². The van der Waals surface area contributed by atoms with Crippen molar-refractivity contribution in [3.63, 3.8) is 0 Å². The fraction of sp³-hybridized carbons (Fsp3) is 1.00. The lowest BCUT2D eigenvalue weighted by Crippen LogP contribution is -2.43. The highest BCUT2D eigenvalue weighted by Crippen LogP contribution is 2.23. The average molecular weight is 226 g/mol. The van der Waals surface area contributed by atoms with Crippen LogP contribution in [0.3, 0.4) is 0 Å². The fourth-order valence-corrected chi connectivity index (χ4v) is 2.73. The maximum Gasteiger partial charge on any atom is 0.00998 e. The molecule has 1 fully saturated rings. The Hall–Kier alpha value is -0.0800. The van der Waals surface area contributed by atoms with Crippen molar-refractivity contribution in [2.45, 2.75) is 53.5 Å². The average Bonchev–Trinajstić information content (AvgIpc) is 2.11. The van der Waals surface area contributed by atoms with Crippen molar-refractivity contribution < 1.29 is 0 Å². The molecule has 0 saturated carbocycles. The summed E-state index contributed by atoms with van der Waals surface area (Å²) in [5.41, 5.74) is 6.45. The molecule has 3 unspecified atom stereocenters. The highest BCUT2D eigenvalue weighted by molar-refractivity contribution is 4.80. The van der Waals surface area contributed by atoms with E-state index < -0.39 is 0 Å². The molecule has 16 heavy (non-hydrogen) atoms. The quantitative estimate of drug-likeness (QED) is 0.802. The largest absolute Gasteiger partial charge is 0.327 e. The van der Waals surface area contributed by atoms with Gasteiger partial charge >= 0.3 is 0 Å². The van der Waals surface area contributed by atoms with Crippen LogP contribution in [0, 0.1) is 17.3 Å². The van der Waals surface area contributed by atoms with Gasteiger partial charge in [0.1, 0.15) is 0 Å². The van der Waals surface area contributed by atoms with Crippen LogP contribution in [0.15, 0.2) is 0 Å². The molecule has 0 aliphatic carbocycles. The maximum absolute atomic E-state index is 6.21. The SMILES string of the molecule is CC1CC(C)CN(CCC(N)C(C)(C)C)C1. The summed E-state index contributed by atoms with van der Waals surface area (Å²) in [5.74, 6) is 1.71. The number of nitrogens with two attached hydrogens (primary N) is 1. The van der Waals surface area contributed by atoms with Gasteiger partial charge in [0, 0.05) is 19.1 Å². The van der Waals surface area contributed by atoms with E-state index in [1.54, 1.807) is 0 Å². The molecule has 0 spiro atoms. The second-order valence-corrected chi connectivity index (χ2v) is 6.97. The minimum absolute atomic E-state index is 0.243. The molecule has 1 aliphatic rings. The maximum atomic E-state index is 6.21. The molecule has 1 saturated heterocycles. The van der Waals surface area contributed by atoms with E-state index in [2.05, 4.69) is 39.5 Å². The van der Waals surface area contributed by atoms with Crippen molar-refractivity contribution in [1.29, 1.82) is 0 Å². The molecular formula is C14H30N2. The Morgan fingerprint density at radius 3 is 2.12 bits per heavy atom. The molecule has 1 heterocycles. The van der Waals surface area contributed by atoms with E-state index in [9.17, 15) is 0 Å². The number of nitrogens with zero attached hydrogens (tertiary/aromatic N) is 1. The molecular weight excluding hydrogens is 196 g/mol. The Morgan fingerprint density at radius 1 is 1.19 bits per heavy atom. The zero-order chi connectivity index (χ0) is 12.3. The van der Waals surface area contributed by atoms with Gasteiger partial charge in [0.2, 0.25) is 0 Å². The van der Waals surface area contributed by atoms with Crippen LogP contribution < -0.4 is 5.73 Å². The molecule has 0 aromatic carbocycles. The highest BCUT2D eigenvalue weighted by atomic mass is 15.1. The Kier molecular flexibility index (Phi) is 4.81. The van der Waals surface area contributed by atoms with Crippen molar-refractivity contribution in [3.8, 4) is 0 Å². The van der Waals surface area contributed by atoms with Crippen LogP contribution >= 0.6 is 0 Å². The van der Waals surface area contributed by atoms with E-state index in [-0.39, 0.29) is 5.41 Å². The normalized spacial score (nSPS) is 30.4. The van der Waals surface area contributed by atoms with E-state index in [4.69, 9.17) is 5.73 Å². The predicted octanol–water partition coefficient (Wildman–Crippen LogP) is 2.73. The third kappa shape index (κ3) is 4.42. The van der Waals surface area contributed by atoms with Crippen LogP contribution in [0.1, 0.15) is 47.5 Å². The molecule has 1 aliphatic heterocycles. The second-order valence-electron chi connectivity index (χ2n) is 6.97. The van der Waals surface area contributed by atoms with Gasteiger partial charge in [-0.25, -0.2) is 0 Å². The lowest BCUT2D eigenvalue weighted by atomic mass is 9.85. The molecule has 0 radical (unpaired) electrons. The smallest absolute Gasteiger partial charge is 0.00998 e. The van der Waals surface area contributed by atoms with Gasteiger partial charge in [0.05, 0.1) is 0 Å². The van der Waals surface area contributed by atoms with Crippen LogP contribution in [0.5, 0.6) is 0 Å². The number of rotatable bonds is 3. The van der Waals surface area contributed by atoms with Crippen molar-refractivity contribution in [3.05, 3.63) is 0 Å². The zero-order valence-electron chi connectivity index (χ0n) is 11.8. The number of hydrogen-bond donors (Lipinski definition) is 1. The Morgan fingerprint density at radius 2 is 1.69 bits per heavy atom. The van der Waals surface area contributed by atoms with Crippen LogP contribution in [0.2, 0.25) is 0 Å². The van der Waals surface area contributed by atoms with E-state index in [0.717, 1.165) is 18.3 Å². The molecule has 2 nitrogen and oxygen atoms in total. The summed E-state index contributed by atoms with van der Waals surface area (Å²) < 4.78 is 0. The molecule has 2 N–H and O–H groups in total. The first-order valence-corrected chi connectivity index (χ1v) is 6.77. The summed E-state index contributed by atoms with van der Waals surface area (Å²) in [7, 11) is 0.